The smallest absolute Gasteiger partial charge is 0.164 e. The number of aliphatic hydroxyl groups excluding tert-OH is 2. The highest BCUT2D eigenvalue weighted by Crippen LogP contribution is 2.73. The predicted octanol–water partition coefficient (Wildman–Crippen LogP) is 4.88. The number of allylic oxidation sites excluding steroid dienone is 2. The molecule has 1 saturated heterocycles. The van der Waals surface area contributed by atoms with Gasteiger partial charge in [0.2, 0.25) is 0 Å². The molecule has 5 nitrogen and oxygen atoms in total. The average Bonchev–Trinajstić information content (AvgIpc) is 3.33. The largest absolute Gasteiger partial charge is 0.395 e. The Kier molecular flexibility index (Phi) is 5.66. The van der Waals surface area contributed by atoms with Gasteiger partial charge in [-0.1, -0.05) is 46.3 Å². The van der Waals surface area contributed by atoms with Gasteiger partial charge < -0.3 is 14.9 Å². The van der Waals surface area contributed by atoms with E-state index in [4.69, 9.17) is 4.74 Å². The van der Waals surface area contributed by atoms with Crippen LogP contribution >= 0.6 is 0 Å². The standard InChI is InChI=1S/C30H46O5/c1-17(14-21(32)25-26(2,3)35-25)18-10-12-29(6)19-8-9-22-27(4,16-31)23(33)15-24(34)30(22,7)20(19)11-13-28(18,29)5/h8,17-18,20,22,24-25,31,34H,9-16H2,1-7H3/t17-,18-,20-,22+,24+,25-,27+,28-,29+,30+/m0/s1. The predicted molar refractivity (Wildman–Crippen MR) is 135 cm³/mol. The molecule has 5 heteroatoms. The third-order valence-electron chi connectivity index (χ3n) is 12.4. The molecule has 0 bridgehead atoms. The Morgan fingerprint density at radius 2 is 1.80 bits per heavy atom. The van der Waals surface area contributed by atoms with E-state index in [1.807, 2.05) is 20.8 Å². The molecule has 5 aliphatic rings. The number of hydrogen-bond donors (Lipinski definition) is 2. The Balaban J connectivity index is 1.44. The lowest BCUT2D eigenvalue weighted by atomic mass is 9.40. The van der Waals surface area contributed by atoms with Crippen LogP contribution < -0.4 is 0 Å². The minimum Gasteiger partial charge on any atom is -0.395 e. The van der Waals surface area contributed by atoms with Crippen LogP contribution in [-0.2, 0) is 14.3 Å². The SMILES string of the molecule is C[C@@H](CC(=O)[C@@H]1OC1(C)C)[C@@H]1CC[C@]2(C)C3=CC[C@H]4[C@](C)([C@H](O)CC(=O)[C@]4(C)CO)[C@H]3CC[C@@]12C. The summed E-state index contributed by atoms with van der Waals surface area (Å²) in [6.07, 6.45) is 7.24. The van der Waals surface area contributed by atoms with E-state index < -0.39 is 16.9 Å². The van der Waals surface area contributed by atoms with Crippen molar-refractivity contribution in [3.05, 3.63) is 11.6 Å². The van der Waals surface area contributed by atoms with Gasteiger partial charge in [0.15, 0.2) is 5.78 Å². The van der Waals surface area contributed by atoms with Crippen LogP contribution in [0.2, 0.25) is 0 Å². The minimum atomic E-state index is -0.788. The molecule has 1 heterocycles. The van der Waals surface area contributed by atoms with Crippen molar-refractivity contribution >= 4 is 11.6 Å². The maximum atomic E-state index is 12.9. The van der Waals surface area contributed by atoms with E-state index >= 15 is 0 Å². The molecule has 0 amide bonds. The van der Waals surface area contributed by atoms with Crippen LogP contribution in [0.15, 0.2) is 11.6 Å². The third kappa shape index (κ3) is 3.23. The molecule has 1 aliphatic heterocycles. The van der Waals surface area contributed by atoms with E-state index in [0.29, 0.717) is 18.3 Å². The third-order valence-corrected chi connectivity index (χ3v) is 12.4. The van der Waals surface area contributed by atoms with Crippen molar-refractivity contribution in [2.75, 3.05) is 6.61 Å². The molecule has 0 aromatic heterocycles. The summed E-state index contributed by atoms with van der Waals surface area (Å²) >= 11 is 0. The molecule has 2 N–H and O–H groups in total. The van der Waals surface area contributed by atoms with E-state index in [0.717, 1.165) is 32.1 Å². The molecular formula is C30H46O5. The van der Waals surface area contributed by atoms with Gasteiger partial charge in [-0.25, -0.2) is 0 Å². The fourth-order valence-electron chi connectivity index (χ4n) is 9.77. The van der Waals surface area contributed by atoms with Gasteiger partial charge in [0.1, 0.15) is 11.9 Å². The van der Waals surface area contributed by atoms with Crippen LogP contribution in [0, 0.1) is 45.3 Å². The number of carbonyl (C=O) groups is 2. The summed E-state index contributed by atoms with van der Waals surface area (Å²) < 4.78 is 5.63. The first kappa shape index (κ1) is 25.6. The molecule has 0 unspecified atom stereocenters. The number of Topliss-reactive ketones (excluding diaryl/α,β-unsaturated/α-hetero) is 2. The first-order valence-electron chi connectivity index (χ1n) is 13.9. The quantitative estimate of drug-likeness (QED) is 0.427. The van der Waals surface area contributed by atoms with Gasteiger partial charge in [-0.05, 0) is 80.5 Å². The highest BCUT2D eigenvalue weighted by atomic mass is 16.6. The lowest BCUT2D eigenvalue weighted by Crippen LogP contribution is -2.63. The van der Waals surface area contributed by atoms with Crippen LogP contribution in [0.3, 0.4) is 0 Å². The minimum absolute atomic E-state index is 0.000858. The van der Waals surface area contributed by atoms with E-state index in [9.17, 15) is 19.8 Å². The topological polar surface area (TPSA) is 87.1 Å². The van der Waals surface area contributed by atoms with Gasteiger partial charge in [-0.2, -0.15) is 0 Å². The summed E-state index contributed by atoms with van der Waals surface area (Å²) in [7, 11) is 0. The first-order valence-corrected chi connectivity index (χ1v) is 13.9. The number of hydrogen-bond acceptors (Lipinski definition) is 5. The van der Waals surface area contributed by atoms with E-state index in [-0.39, 0.29) is 59.0 Å². The number of aliphatic hydroxyl groups is 2. The molecule has 3 saturated carbocycles. The highest BCUT2D eigenvalue weighted by Gasteiger charge is 2.68. The number of epoxide rings is 1. The van der Waals surface area contributed by atoms with Crippen molar-refractivity contribution in [3.63, 3.8) is 0 Å². The van der Waals surface area contributed by atoms with Crippen LogP contribution in [0.1, 0.15) is 93.4 Å². The number of carbonyl (C=O) groups excluding carboxylic acids is 2. The van der Waals surface area contributed by atoms with Crippen molar-refractivity contribution in [2.24, 2.45) is 45.3 Å². The zero-order valence-corrected chi connectivity index (χ0v) is 22.8. The van der Waals surface area contributed by atoms with Gasteiger partial charge in [-0.3, -0.25) is 9.59 Å². The molecule has 0 radical (unpaired) electrons. The molecule has 0 spiro atoms. The second kappa shape index (κ2) is 7.74. The first-order chi connectivity index (χ1) is 16.2. The van der Waals surface area contributed by atoms with Gasteiger partial charge >= 0.3 is 0 Å². The molecule has 35 heavy (non-hydrogen) atoms. The fraction of sp³-hybridized carbons (Fsp3) is 0.867. The molecule has 4 fully saturated rings. The summed E-state index contributed by atoms with van der Waals surface area (Å²) in [5, 5.41) is 21.6. The van der Waals surface area contributed by atoms with Crippen LogP contribution in [0.4, 0.5) is 0 Å². The number of ketones is 2. The average molecular weight is 487 g/mol. The van der Waals surface area contributed by atoms with Gasteiger partial charge in [0.05, 0.1) is 23.7 Å². The molecule has 196 valence electrons. The molecule has 5 rings (SSSR count). The van der Waals surface area contributed by atoms with Gasteiger partial charge in [0.25, 0.3) is 0 Å². The number of rotatable bonds is 5. The Bertz CT molecular complexity index is 968. The summed E-state index contributed by atoms with van der Waals surface area (Å²) in [4.78, 5) is 25.8. The zero-order chi connectivity index (χ0) is 25.8. The lowest BCUT2D eigenvalue weighted by molar-refractivity contribution is -0.176. The van der Waals surface area contributed by atoms with Gasteiger partial charge in [-0.15, -0.1) is 0 Å². The molecule has 10 atom stereocenters. The summed E-state index contributed by atoms with van der Waals surface area (Å²) in [5.74, 6) is 1.22. The van der Waals surface area contributed by atoms with Crippen molar-refractivity contribution in [1.82, 2.24) is 0 Å². The molecule has 0 aromatic rings. The molecule has 0 aromatic carbocycles. The lowest BCUT2D eigenvalue weighted by Gasteiger charge is -2.64. The maximum absolute atomic E-state index is 12.9. The zero-order valence-electron chi connectivity index (χ0n) is 22.8. The number of fused-ring (bicyclic) bond motifs is 5. The molecular weight excluding hydrogens is 440 g/mol. The highest BCUT2D eigenvalue weighted by molar-refractivity contribution is 5.87. The van der Waals surface area contributed by atoms with Crippen molar-refractivity contribution < 1.29 is 24.5 Å². The Hall–Kier alpha value is -1.04. The Morgan fingerprint density at radius 3 is 2.40 bits per heavy atom. The van der Waals surface area contributed by atoms with Gasteiger partial charge in [0, 0.05) is 18.3 Å². The Morgan fingerprint density at radius 1 is 1.14 bits per heavy atom. The Labute approximate surface area is 211 Å². The number of ether oxygens (including phenoxy) is 1. The second-order valence-corrected chi connectivity index (χ2v) is 14.3. The van der Waals surface area contributed by atoms with E-state index in [1.165, 1.54) is 5.57 Å². The maximum Gasteiger partial charge on any atom is 0.164 e. The van der Waals surface area contributed by atoms with Crippen molar-refractivity contribution in [1.29, 1.82) is 0 Å². The summed E-state index contributed by atoms with van der Waals surface area (Å²) in [6, 6.07) is 0. The van der Waals surface area contributed by atoms with E-state index in [2.05, 4.69) is 33.8 Å². The van der Waals surface area contributed by atoms with Crippen LogP contribution in [0.25, 0.3) is 0 Å². The molecule has 4 aliphatic carbocycles. The second-order valence-electron chi connectivity index (χ2n) is 14.3. The van der Waals surface area contributed by atoms with Crippen LogP contribution in [0.5, 0.6) is 0 Å². The van der Waals surface area contributed by atoms with Crippen molar-refractivity contribution in [3.8, 4) is 0 Å². The summed E-state index contributed by atoms with van der Waals surface area (Å²) in [6.45, 7) is 15.1. The fourth-order valence-corrected chi connectivity index (χ4v) is 9.77. The van der Waals surface area contributed by atoms with Crippen LogP contribution in [-0.4, -0.2) is 46.2 Å². The van der Waals surface area contributed by atoms with E-state index in [1.54, 1.807) is 0 Å². The van der Waals surface area contributed by atoms with Crippen molar-refractivity contribution in [2.45, 2.75) is 111 Å². The monoisotopic (exact) mass is 486 g/mol. The summed E-state index contributed by atoms with van der Waals surface area (Å²) in [5.41, 5.74) is 0.114. The normalized spacial score (nSPS) is 51.1.